The quantitative estimate of drug-likeness (QED) is 0.478. The lowest BCUT2D eigenvalue weighted by Gasteiger charge is -1.91. The predicted molar refractivity (Wildman–Crippen MR) is 58.0 cm³/mol. The summed E-state index contributed by atoms with van der Waals surface area (Å²) in [7, 11) is 1.24. The summed E-state index contributed by atoms with van der Waals surface area (Å²) in [6.45, 7) is 1.86. The minimum Gasteiger partial charge on any atom is -0.258 e. The molecular weight excluding hydrogens is 262 g/mol. The molecule has 0 spiro atoms. The van der Waals surface area contributed by atoms with Crippen molar-refractivity contribution in [3.8, 4) is 0 Å². The SMILES string of the molecule is CCCc1sc(S(=O)(=O)Cl)cc1[N+](=O)[O-]. The van der Waals surface area contributed by atoms with Gasteiger partial charge in [0.15, 0.2) is 0 Å². The van der Waals surface area contributed by atoms with E-state index in [-0.39, 0.29) is 9.90 Å². The summed E-state index contributed by atoms with van der Waals surface area (Å²) in [5.41, 5.74) is -0.166. The van der Waals surface area contributed by atoms with Gasteiger partial charge in [-0.05, 0) is 6.42 Å². The van der Waals surface area contributed by atoms with Crippen molar-refractivity contribution in [1.29, 1.82) is 0 Å². The minimum absolute atomic E-state index is 0.166. The smallest absolute Gasteiger partial charge is 0.258 e. The number of nitro groups is 1. The number of hydrogen-bond donors (Lipinski definition) is 0. The van der Waals surface area contributed by atoms with Crippen LogP contribution in [-0.2, 0) is 15.5 Å². The third kappa shape index (κ3) is 2.90. The van der Waals surface area contributed by atoms with Crippen molar-refractivity contribution in [3.63, 3.8) is 0 Å². The summed E-state index contributed by atoms with van der Waals surface area (Å²) < 4.78 is 21.8. The zero-order valence-electron chi connectivity index (χ0n) is 7.77. The number of hydrogen-bond acceptors (Lipinski definition) is 5. The molecule has 0 aliphatic heterocycles. The zero-order chi connectivity index (χ0) is 11.6. The van der Waals surface area contributed by atoms with Crippen LogP contribution in [0.15, 0.2) is 10.3 Å². The van der Waals surface area contributed by atoms with Crippen molar-refractivity contribution in [2.24, 2.45) is 0 Å². The molecule has 0 saturated carbocycles. The lowest BCUT2D eigenvalue weighted by Crippen LogP contribution is -1.89. The van der Waals surface area contributed by atoms with Crippen LogP contribution in [0.3, 0.4) is 0 Å². The van der Waals surface area contributed by atoms with E-state index in [1.807, 2.05) is 6.92 Å². The Hall–Kier alpha value is -0.660. The van der Waals surface area contributed by atoms with Gasteiger partial charge in [0.05, 0.1) is 9.80 Å². The van der Waals surface area contributed by atoms with Crippen LogP contribution in [0.2, 0.25) is 0 Å². The van der Waals surface area contributed by atoms with E-state index in [0.29, 0.717) is 17.7 Å². The average molecular weight is 270 g/mol. The van der Waals surface area contributed by atoms with Crippen molar-refractivity contribution >= 4 is 36.8 Å². The third-order valence-corrected chi connectivity index (χ3v) is 4.94. The molecule has 8 heteroatoms. The highest BCUT2D eigenvalue weighted by Gasteiger charge is 2.23. The van der Waals surface area contributed by atoms with Crippen molar-refractivity contribution in [2.45, 2.75) is 24.0 Å². The molecule has 5 nitrogen and oxygen atoms in total. The Bertz CT molecular complexity index is 479. The van der Waals surface area contributed by atoms with Gasteiger partial charge in [-0.15, -0.1) is 11.3 Å². The Balaban J connectivity index is 3.27. The predicted octanol–water partition coefficient (Wildman–Crippen LogP) is 2.54. The molecule has 0 aliphatic rings. The fraction of sp³-hybridized carbons (Fsp3) is 0.429. The summed E-state index contributed by atoms with van der Waals surface area (Å²) in [5.74, 6) is 0. The second-order valence-electron chi connectivity index (χ2n) is 2.82. The Morgan fingerprint density at radius 2 is 2.20 bits per heavy atom. The van der Waals surface area contributed by atoms with E-state index in [1.54, 1.807) is 0 Å². The highest BCUT2D eigenvalue weighted by Crippen LogP contribution is 2.34. The van der Waals surface area contributed by atoms with Gasteiger partial charge in [0, 0.05) is 16.7 Å². The van der Waals surface area contributed by atoms with Gasteiger partial charge in [-0.2, -0.15) is 0 Å². The summed E-state index contributed by atoms with van der Waals surface area (Å²) in [6, 6.07) is 1.01. The topological polar surface area (TPSA) is 77.3 Å². The summed E-state index contributed by atoms with van der Waals surface area (Å²) in [5, 5.41) is 10.6. The maximum absolute atomic E-state index is 11.0. The number of thiophene rings is 1. The van der Waals surface area contributed by atoms with E-state index in [0.717, 1.165) is 17.4 Å². The van der Waals surface area contributed by atoms with Crippen LogP contribution < -0.4 is 0 Å². The van der Waals surface area contributed by atoms with Crippen LogP contribution in [0.1, 0.15) is 18.2 Å². The normalized spacial score (nSPS) is 11.6. The van der Waals surface area contributed by atoms with E-state index in [9.17, 15) is 18.5 Å². The molecule has 0 N–H and O–H groups in total. The first-order chi connectivity index (χ1) is 6.86. The lowest BCUT2D eigenvalue weighted by atomic mass is 10.2. The molecule has 1 heterocycles. The molecule has 15 heavy (non-hydrogen) atoms. The van der Waals surface area contributed by atoms with E-state index in [4.69, 9.17) is 10.7 Å². The standard InChI is InChI=1S/C7H8ClNO4S2/c1-2-3-6-5(9(10)11)4-7(14-6)15(8,12)13/h4H,2-3H2,1H3. The van der Waals surface area contributed by atoms with Gasteiger partial charge in [-0.3, -0.25) is 10.1 Å². The van der Waals surface area contributed by atoms with Crippen molar-refractivity contribution in [3.05, 3.63) is 21.1 Å². The highest BCUT2D eigenvalue weighted by atomic mass is 35.7. The highest BCUT2D eigenvalue weighted by molar-refractivity contribution is 8.15. The fourth-order valence-corrected chi connectivity index (χ4v) is 3.40. The molecule has 0 amide bonds. The molecule has 84 valence electrons. The van der Waals surface area contributed by atoms with E-state index in [2.05, 4.69) is 0 Å². The van der Waals surface area contributed by atoms with Gasteiger partial charge in [0.25, 0.3) is 14.7 Å². The first-order valence-corrected chi connectivity index (χ1v) is 7.20. The molecule has 0 bridgehead atoms. The maximum atomic E-state index is 11.0. The molecule has 0 fully saturated rings. The van der Waals surface area contributed by atoms with Gasteiger partial charge >= 0.3 is 0 Å². The average Bonchev–Trinajstić information content (AvgIpc) is 2.48. The first kappa shape index (κ1) is 12.4. The van der Waals surface area contributed by atoms with Gasteiger partial charge in [0.1, 0.15) is 4.21 Å². The number of aryl methyl sites for hydroxylation is 1. The Morgan fingerprint density at radius 3 is 2.60 bits per heavy atom. The Labute approximate surface area is 95.3 Å². The molecule has 1 aromatic rings. The molecule has 1 rings (SSSR count). The molecule has 0 unspecified atom stereocenters. The lowest BCUT2D eigenvalue weighted by molar-refractivity contribution is -0.385. The van der Waals surface area contributed by atoms with E-state index >= 15 is 0 Å². The first-order valence-electron chi connectivity index (χ1n) is 4.08. The maximum Gasteiger partial charge on any atom is 0.284 e. The molecule has 0 radical (unpaired) electrons. The van der Waals surface area contributed by atoms with Crippen LogP contribution in [0.4, 0.5) is 5.69 Å². The third-order valence-electron chi connectivity index (χ3n) is 1.68. The van der Waals surface area contributed by atoms with Gasteiger partial charge in [0.2, 0.25) is 0 Å². The molecule has 0 aromatic carbocycles. The molecule has 0 aliphatic carbocycles. The van der Waals surface area contributed by atoms with E-state index in [1.165, 1.54) is 0 Å². The molecule has 1 aromatic heterocycles. The van der Waals surface area contributed by atoms with Gasteiger partial charge in [-0.25, -0.2) is 8.42 Å². The van der Waals surface area contributed by atoms with Crippen LogP contribution in [0, 0.1) is 10.1 Å². The van der Waals surface area contributed by atoms with Gasteiger partial charge in [-0.1, -0.05) is 13.3 Å². The number of nitrogens with zero attached hydrogens (tertiary/aromatic N) is 1. The monoisotopic (exact) mass is 269 g/mol. The Kier molecular flexibility index (Phi) is 3.69. The van der Waals surface area contributed by atoms with Crippen molar-refractivity contribution in [2.75, 3.05) is 0 Å². The van der Waals surface area contributed by atoms with Crippen LogP contribution in [0.5, 0.6) is 0 Å². The largest absolute Gasteiger partial charge is 0.284 e. The van der Waals surface area contributed by atoms with Crippen molar-refractivity contribution in [1.82, 2.24) is 0 Å². The number of rotatable bonds is 4. The van der Waals surface area contributed by atoms with Crippen LogP contribution in [0.25, 0.3) is 0 Å². The van der Waals surface area contributed by atoms with Crippen molar-refractivity contribution < 1.29 is 13.3 Å². The second kappa shape index (κ2) is 4.46. The van der Waals surface area contributed by atoms with Crippen LogP contribution >= 0.6 is 22.0 Å². The van der Waals surface area contributed by atoms with Gasteiger partial charge < -0.3 is 0 Å². The van der Waals surface area contributed by atoms with E-state index < -0.39 is 14.0 Å². The zero-order valence-corrected chi connectivity index (χ0v) is 10.2. The molecular formula is C7H8ClNO4S2. The summed E-state index contributed by atoms with van der Waals surface area (Å²) in [4.78, 5) is 10.5. The second-order valence-corrected chi connectivity index (χ2v) is 6.75. The summed E-state index contributed by atoms with van der Waals surface area (Å²) in [6.07, 6.45) is 1.19. The molecule has 0 atom stereocenters. The minimum atomic E-state index is -3.87. The fourth-order valence-electron chi connectivity index (χ4n) is 1.08. The number of halogens is 1. The van der Waals surface area contributed by atoms with Crippen LogP contribution in [-0.4, -0.2) is 13.3 Å². The summed E-state index contributed by atoms with van der Waals surface area (Å²) >= 11 is 0.858. The molecule has 0 saturated heterocycles. The Morgan fingerprint density at radius 1 is 1.60 bits per heavy atom.